The van der Waals surface area contributed by atoms with Crippen LogP contribution in [0.2, 0.25) is 0 Å². The van der Waals surface area contributed by atoms with Gasteiger partial charge in [-0.25, -0.2) is 0 Å². The molecule has 0 aliphatic heterocycles. The highest BCUT2D eigenvalue weighted by Crippen LogP contribution is 1.92. The summed E-state index contributed by atoms with van der Waals surface area (Å²) >= 11 is 2.36. The van der Waals surface area contributed by atoms with Gasteiger partial charge in [-0.2, -0.15) is 0 Å². The standard InChI is InChI=1S/C7H16INO/c1-2-4-9(5-3-8)6-7-10/h10H,2-7H2,1H3. The molecule has 2 nitrogen and oxygen atoms in total. The van der Waals surface area contributed by atoms with Crippen molar-refractivity contribution in [3.05, 3.63) is 0 Å². The quantitative estimate of drug-likeness (QED) is 0.569. The number of aliphatic hydroxyl groups is 1. The molecule has 0 spiro atoms. The van der Waals surface area contributed by atoms with E-state index < -0.39 is 0 Å². The van der Waals surface area contributed by atoms with Crippen molar-refractivity contribution in [2.24, 2.45) is 0 Å². The van der Waals surface area contributed by atoms with Gasteiger partial charge in [-0.15, -0.1) is 0 Å². The van der Waals surface area contributed by atoms with Gasteiger partial charge in [-0.05, 0) is 13.0 Å². The molecule has 0 heterocycles. The molecule has 62 valence electrons. The molecule has 0 amide bonds. The van der Waals surface area contributed by atoms with Crippen LogP contribution in [0.4, 0.5) is 0 Å². The minimum atomic E-state index is 0.288. The molecule has 1 N–H and O–H groups in total. The average Bonchev–Trinajstić information content (AvgIpc) is 1.90. The molecule has 0 aliphatic rings. The first kappa shape index (κ1) is 10.7. The lowest BCUT2D eigenvalue weighted by Gasteiger charge is -2.18. The van der Waals surface area contributed by atoms with Crippen molar-refractivity contribution in [1.29, 1.82) is 0 Å². The van der Waals surface area contributed by atoms with E-state index in [1.54, 1.807) is 0 Å². The molecule has 0 rings (SSSR count). The number of aliphatic hydroxyl groups excluding tert-OH is 1. The Morgan fingerprint density at radius 3 is 2.40 bits per heavy atom. The van der Waals surface area contributed by atoms with Gasteiger partial charge in [0.05, 0.1) is 6.61 Å². The predicted molar refractivity (Wildman–Crippen MR) is 52.7 cm³/mol. The molecule has 0 unspecified atom stereocenters. The number of hydrogen-bond donors (Lipinski definition) is 1. The molecule has 10 heavy (non-hydrogen) atoms. The van der Waals surface area contributed by atoms with Crippen molar-refractivity contribution in [3.8, 4) is 0 Å². The number of alkyl halides is 1. The Morgan fingerprint density at radius 1 is 1.30 bits per heavy atom. The summed E-state index contributed by atoms with van der Waals surface area (Å²) in [6.07, 6.45) is 1.18. The van der Waals surface area contributed by atoms with Crippen LogP contribution < -0.4 is 0 Å². The normalized spacial score (nSPS) is 10.8. The highest BCUT2D eigenvalue weighted by Gasteiger charge is 1.99. The molecular weight excluding hydrogens is 241 g/mol. The summed E-state index contributed by atoms with van der Waals surface area (Å²) in [7, 11) is 0. The highest BCUT2D eigenvalue weighted by atomic mass is 127. The van der Waals surface area contributed by atoms with Gasteiger partial charge in [-0.1, -0.05) is 29.5 Å². The van der Waals surface area contributed by atoms with E-state index in [1.165, 1.54) is 6.42 Å². The van der Waals surface area contributed by atoms with Crippen molar-refractivity contribution in [1.82, 2.24) is 4.90 Å². The van der Waals surface area contributed by atoms with E-state index in [9.17, 15) is 0 Å². The van der Waals surface area contributed by atoms with Crippen LogP contribution in [0.25, 0.3) is 0 Å². The molecule has 0 aromatic carbocycles. The predicted octanol–water partition coefficient (Wildman–Crippen LogP) is 1.13. The van der Waals surface area contributed by atoms with Crippen LogP contribution in [0, 0.1) is 0 Å². The first-order valence-corrected chi connectivity index (χ1v) is 5.26. The Labute approximate surface area is 76.7 Å². The lowest BCUT2D eigenvalue weighted by molar-refractivity contribution is 0.204. The van der Waals surface area contributed by atoms with E-state index in [0.717, 1.165) is 24.1 Å². The van der Waals surface area contributed by atoms with Gasteiger partial charge in [0.25, 0.3) is 0 Å². The van der Waals surface area contributed by atoms with E-state index in [4.69, 9.17) is 5.11 Å². The maximum Gasteiger partial charge on any atom is 0.0558 e. The van der Waals surface area contributed by atoms with Gasteiger partial charge in [0, 0.05) is 17.5 Å². The maximum absolute atomic E-state index is 8.65. The van der Waals surface area contributed by atoms with Gasteiger partial charge < -0.3 is 10.0 Å². The fraction of sp³-hybridized carbons (Fsp3) is 1.00. The number of hydrogen-bond acceptors (Lipinski definition) is 2. The fourth-order valence-electron chi connectivity index (χ4n) is 0.913. The summed E-state index contributed by atoms with van der Waals surface area (Å²) in [6, 6.07) is 0. The third-order valence-electron chi connectivity index (χ3n) is 1.36. The molecule has 0 saturated carbocycles. The van der Waals surface area contributed by atoms with Crippen LogP contribution in [0.3, 0.4) is 0 Å². The van der Waals surface area contributed by atoms with E-state index in [0.29, 0.717) is 0 Å². The van der Waals surface area contributed by atoms with Crippen molar-refractivity contribution in [3.63, 3.8) is 0 Å². The molecule has 0 aliphatic carbocycles. The molecule has 0 radical (unpaired) electrons. The van der Waals surface area contributed by atoms with Crippen LogP contribution >= 0.6 is 22.6 Å². The second kappa shape index (κ2) is 7.75. The summed E-state index contributed by atoms with van der Waals surface area (Å²) in [4.78, 5) is 2.28. The zero-order chi connectivity index (χ0) is 7.82. The van der Waals surface area contributed by atoms with Crippen molar-refractivity contribution in [2.75, 3.05) is 30.7 Å². The van der Waals surface area contributed by atoms with E-state index in [2.05, 4.69) is 34.4 Å². The Hall–Kier alpha value is 0.650. The minimum Gasteiger partial charge on any atom is -0.395 e. The summed E-state index contributed by atoms with van der Waals surface area (Å²) < 4.78 is 1.15. The summed E-state index contributed by atoms with van der Waals surface area (Å²) in [5.41, 5.74) is 0. The third-order valence-corrected chi connectivity index (χ3v) is 1.84. The smallest absolute Gasteiger partial charge is 0.0558 e. The first-order valence-electron chi connectivity index (χ1n) is 3.74. The molecule has 0 atom stereocenters. The van der Waals surface area contributed by atoms with Crippen molar-refractivity contribution < 1.29 is 5.11 Å². The summed E-state index contributed by atoms with van der Waals surface area (Å²) in [5, 5.41) is 8.65. The lowest BCUT2D eigenvalue weighted by Crippen LogP contribution is -2.29. The summed E-state index contributed by atoms with van der Waals surface area (Å²) in [5.74, 6) is 0. The zero-order valence-corrected chi connectivity index (χ0v) is 8.67. The molecule has 0 bridgehead atoms. The number of rotatable bonds is 6. The first-order chi connectivity index (χ1) is 4.85. The molecular formula is C7H16INO. The van der Waals surface area contributed by atoms with Crippen molar-refractivity contribution in [2.45, 2.75) is 13.3 Å². The van der Waals surface area contributed by atoms with E-state index in [1.807, 2.05) is 0 Å². The molecule has 0 aromatic rings. The lowest BCUT2D eigenvalue weighted by atomic mass is 10.4. The number of halogens is 1. The van der Waals surface area contributed by atoms with E-state index >= 15 is 0 Å². The topological polar surface area (TPSA) is 23.5 Å². The van der Waals surface area contributed by atoms with Gasteiger partial charge in [-0.3, -0.25) is 0 Å². The van der Waals surface area contributed by atoms with E-state index in [-0.39, 0.29) is 6.61 Å². The largest absolute Gasteiger partial charge is 0.395 e. The van der Waals surface area contributed by atoms with Crippen LogP contribution in [-0.4, -0.2) is 40.7 Å². The van der Waals surface area contributed by atoms with Crippen LogP contribution in [0.15, 0.2) is 0 Å². The molecule has 0 aromatic heterocycles. The second-order valence-electron chi connectivity index (χ2n) is 2.25. The third kappa shape index (κ3) is 5.44. The molecule has 0 saturated heterocycles. The Bertz CT molecular complexity index is 56.4. The maximum atomic E-state index is 8.65. The highest BCUT2D eigenvalue weighted by molar-refractivity contribution is 14.1. The second-order valence-corrected chi connectivity index (χ2v) is 3.33. The monoisotopic (exact) mass is 257 g/mol. The van der Waals surface area contributed by atoms with Gasteiger partial charge in [0.15, 0.2) is 0 Å². The average molecular weight is 257 g/mol. The zero-order valence-electron chi connectivity index (χ0n) is 6.52. The Balaban J connectivity index is 3.30. The SMILES string of the molecule is CCCN(CCO)CCI. The van der Waals surface area contributed by atoms with Crippen LogP contribution in [0.5, 0.6) is 0 Å². The summed E-state index contributed by atoms with van der Waals surface area (Å²) in [6.45, 7) is 5.50. The molecule has 3 heteroatoms. The van der Waals surface area contributed by atoms with Gasteiger partial charge >= 0.3 is 0 Å². The fourth-order valence-corrected chi connectivity index (χ4v) is 1.59. The van der Waals surface area contributed by atoms with Crippen LogP contribution in [-0.2, 0) is 0 Å². The van der Waals surface area contributed by atoms with Crippen LogP contribution in [0.1, 0.15) is 13.3 Å². The molecule has 0 fully saturated rings. The Kier molecular flexibility index (Phi) is 8.26. The minimum absolute atomic E-state index is 0.288. The van der Waals surface area contributed by atoms with Crippen molar-refractivity contribution >= 4 is 22.6 Å². The number of nitrogens with zero attached hydrogens (tertiary/aromatic N) is 1. The van der Waals surface area contributed by atoms with Gasteiger partial charge in [0.1, 0.15) is 0 Å². The Morgan fingerprint density at radius 2 is 2.00 bits per heavy atom. The van der Waals surface area contributed by atoms with Gasteiger partial charge in [0.2, 0.25) is 0 Å².